The lowest BCUT2D eigenvalue weighted by Crippen LogP contribution is -2.43. The molecular formula is C16H22ClFN2O. The van der Waals surface area contributed by atoms with Crippen LogP contribution < -0.4 is 5.32 Å². The van der Waals surface area contributed by atoms with Gasteiger partial charge in [0.1, 0.15) is 5.82 Å². The molecule has 1 saturated heterocycles. The molecule has 5 heteroatoms. The third-order valence-corrected chi connectivity index (χ3v) is 4.55. The van der Waals surface area contributed by atoms with E-state index in [0.29, 0.717) is 18.0 Å². The largest absolute Gasteiger partial charge is 0.347 e. The maximum atomic E-state index is 13.6. The maximum Gasteiger partial charge on any atom is 0.222 e. The van der Waals surface area contributed by atoms with Crippen molar-refractivity contribution < 1.29 is 9.18 Å². The van der Waals surface area contributed by atoms with Crippen molar-refractivity contribution in [3.63, 3.8) is 0 Å². The summed E-state index contributed by atoms with van der Waals surface area (Å²) in [6.07, 6.45) is 2.64. The number of likely N-dealkylation sites (tertiary alicyclic amines) is 1. The van der Waals surface area contributed by atoms with E-state index in [2.05, 4.69) is 10.2 Å². The molecule has 0 radical (unpaired) electrons. The molecular weight excluding hydrogens is 291 g/mol. The predicted octanol–water partition coefficient (Wildman–Crippen LogP) is 3.31. The highest BCUT2D eigenvalue weighted by Crippen LogP contribution is 2.30. The molecule has 1 unspecified atom stereocenters. The van der Waals surface area contributed by atoms with Crippen LogP contribution in [0.5, 0.6) is 0 Å². The number of nitrogens with zero attached hydrogens (tertiary/aromatic N) is 1. The standard InChI is InChI=1S/C16H22ClFN2O/c1-16(2,12-7-4-8-13(18)15(12)17)19-14(21)10-11-6-5-9-20(11)3/h4,7-8,11H,5-6,9-10H2,1-3H3,(H,19,21). The van der Waals surface area contributed by atoms with Crippen molar-refractivity contribution in [3.8, 4) is 0 Å². The van der Waals surface area contributed by atoms with Gasteiger partial charge in [-0.3, -0.25) is 4.79 Å². The molecule has 0 aliphatic carbocycles. The summed E-state index contributed by atoms with van der Waals surface area (Å²) in [4.78, 5) is 14.5. The van der Waals surface area contributed by atoms with E-state index in [4.69, 9.17) is 11.6 Å². The van der Waals surface area contributed by atoms with Gasteiger partial charge in [-0.25, -0.2) is 4.39 Å². The number of amides is 1. The van der Waals surface area contributed by atoms with Gasteiger partial charge in [0.2, 0.25) is 5.91 Å². The Balaban J connectivity index is 2.06. The van der Waals surface area contributed by atoms with Gasteiger partial charge in [-0.2, -0.15) is 0 Å². The van der Waals surface area contributed by atoms with Gasteiger partial charge in [0.05, 0.1) is 10.6 Å². The van der Waals surface area contributed by atoms with Crippen LogP contribution in [0.3, 0.4) is 0 Å². The minimum Gasteiger partial charge on any atom is -0.347 e. The van der Waals surface area contributed by atoms with Crippen LogP contribution in [0.25, 0.3) is 0 Å². The van der Waals surface area contributed by atoms with Crippen molar-refractivity contribution in [3.05, 3.63) is 34.6 Å². The van der Waals surface area contributed by atoms with Gasteiger partial charge >= 0.3 is 0 Å². The number of hydrogen-bond acceptors (Lipinski definition) is 2. The van der Waals surface area contributed by atoms with E-state index >= 15 is 0 Å². The van der Waals surface area contributed by atoms with Crippen LogP contribution in [-0.4, -0.2) is 30.4 Å². The van der Waals surface area contributed by atoms with E-state index in [1.807, 2.05) is 20.9 Å². The third-order valence-electron chi connectivity index (χ3n) is 4.17. The van der Waals surface area contributed by atoms with Crippen molar-refractivity contribution in [2.24, 2.45) is 0 Å². The molecule has 0 saturated carbocycles. The van der Waals surface area contributed by atoms with Crippen molar-refractivity contribution in [2.75, 3.05) is 13.6 Å². The van der Waals surface area contributed by atoms with Crippen molar-refractivity contribution in [1.29, 1.82) is 0 Å². The van der Waals surface area contributed by atoms with Crippen LogP contribution in [0.4, 0.5) is 4.39 Å². The van der Waals surface area contributed by atoms with Gasteiger partial charge in [0.25, 0.3) is 0 Å². The Morgan fingerprint density at radius 2 is 2.24 bits per heavy atom. The fourth-order valence-corrected chi connectivity index (χ4v) is 3.27. The van der Waals surface area contributed by atoms with Crippen LogP contribution in [0.1, 0.15) is 38.7 Å². The molecule has 116 valence electrons. The second-order valence-electron chi connectivity index (χ2n) is 6.26. The summed E-state index contributed by atoms with van der Waals surface area (Å²) < 4.78 is 13.6. The fourth-order valence-electron chi connectivity index (χ4n) is 2.90. The average molecular weight is 313 g/mol. The summed E-state index contributed by atoms with van der Waals surface area (Å²) in [6, 6.07) is 4.96. The average Bonchev–Trinajstić information content (AvgIpc) is 2.77. The van der Waals surface area contributed by atoms with Gasteiger partial charge in [-0.15, -0.1) is 0 Å². The first-order valence-corrected chi connectivity index (χ1v) is 7.65. The Kier molecular flexibility index (Phi) is 4.89. The topological polar surface area (TPSA) is 32.3 Å². The highest BCUT2D eigenvalue weighted by molar-refractivity contribution is 6.31. The number of carbonyl (C=O) groups is 1. The first-order valence-electron chi connectivity index (χ1n) is 7.27. The number of nitrogens with one attached hydrogen (secondary N) is 1. The van der Waals surface area contributed by atoms with Crippen molar-refractivity contribution >= 4 is 17.5 Å². The SMILES string of the molecule is CN1CCCC1CC(=O)NC(C)(C)c1cccc(F)c1Cl. The van der Waals surface area contributed by atoms with Crippen molar-refractivity contribution in [2.45, 2.75) is 44.7 Å². The summed E-state index contributed by atoms with van der Waals surface area (Å²) in [7, 11) is 2.04. The van der Waals surface area contributed by atoms with E-state index in [9.17, 15) is 9.18 Å². The molecule has 1 aliphatic heterocycles. The Morgan fingerprint density at radius 1 is 1.52 bits per heavy atom. The van der Waals surface area contributed by atoms with Gasteiger partial charge in [-0.1, -0.05) is 23.7 Å². The summed E-state index contributed by atoms with van der Waals surface area (Å²) in [5, 5.41) is 3.04. The molecule has 0 spiro atoms. The molecule has 21 heavy (non-hydrogen) atoms. The number of benzene rings is 1. The van der Waals surface area contributed by atoms with Crippen LogP contribution in [-0.2, 0) is 10.3 Å². The van der Waals surface area contributed by atoms with E-state index in [1.165, 1.54) is 6.07 Å². The van der Waals surface area contributed by atoms with E-state index in [-0.39, 0.29) is 10.9 Å². The number of rotatable bonds is 4. The Morgan fingerprint density at radius 3 is 2.86 bits per heavy atom. The molecule has 1 N–H and O–H groups in total. The normalized spacial score (nSPS) is 19.8. The lowest BCUT2D eigenvalue weighted by Gasteiger charge is -2.29. The fraction of sp³-hybridized carbons (Fsp3) is 0.562. The highest BCUT2D eigenvalue weighted by Gasteiger charge is 2.29. The molecule has 3 nitrogen and oxygen atoms in total. The van der Waals surface area contributed by atoms with Crippen LogP contribution in [0.15, 0.2) is 18.2 Å². The zero-order chi connectivity index (χ0) is 15.6. The minimum absolute atomic E-state index is 0.0286. The van der Waals surface area contributed by atoms with E-state index in [1.54, 1.807) is 12.1 Å². The quantitative estimate of drug-likeness (QED) is 0.925. The molecule has 0 aromatic heterocycles. The summed E-state index contributed by atoms with van der Waals surface area (Å²) >= 11 is 6.02. The lowest BCUT2D eigenvalue weighted by atomic mass is 9.93. The first kappa shape index (κ1) is 16.2. The van der Waals surface area contributed by atoms with Crippen LogP contribution in [0, 0.1) is 5.82 Å². The molecule has 1 amide bonds. The smallest absolute Gasteiger partial charge is 0.222 e. The predicted molar refractivity (Wildman–Crippen MR) is 82.8 cm³/mol. The van der Waals surface area contributed by atoms with E-state index in [0.717, 1.165) is 19.4 Å². The van der Waals surface area contributed by atoms with E-state index < -0.39 is 11.4 Å². The van der Waals surface area contributed by atoms with Crippen LogP contribution in [0.2, 0.25) is 5.02 Å². The highest BCUT2D eigenvalue weighted by atomic mass is 35.5. The first-order chi connectivity index (χ1) is 9.81. The maximum absolute atomic E-state index is 13.6. The Bertz CT molecular complexity index is 533. The molecule has 2 rings (SSSR count). The van der Waals surface area contributed by atoms with Gasteiger partial charge < -0.3 is 10.2 Å². The molecule has 1 aliphatic rings. The number of carbonyl (C=O) groups excluding carboxylic acids is 1. The zero-order valence-electron chi connectivity index (χ0n) is 12.7. The monoisotopic (exact) mass is 312 g/mol. The number of hydrogen-bond donors (Lipinski definition) is 1. The zero-order valence-corrected chi connectivity index (χ0v) is 13.5. The molecule has 1 fully saturated rings. The molecule has 1 aromatic rings. The molecule has 1 aromatic carbocycles. The molecule has 1 heterocycles. The Labute approximate surface area is 130 Å². The molecule has 0 bridgehead atoms. The summed E-state index contributed by atoms with van der Waals surface area (Å²) in [6.45, 7) is 4.71. The third kappa shape index (κ3) is 3.74. The summed E-state index contributed by atoms with van der Waals surface area (Å²) in [5.41, 5.74) is -0.106. The lowest BCUT2D eigenvalue weighted by molar-refractivity contribution is -0.123. The molecule has 1 atom stereocenters. The Hall–Kier alpha value is -1.13. The minimum atomic E-state index is -0.701. The summed E-state index contributed by atoms with van der Waals surface area (Å²) in [5.74, 6) is -0.494. The van der Waals surface area contributed by atoms with Gasteiger partial charge in [0.15, 0.2) is 0 Å². The number of halogens is 2. The van der Waals surface area contributed by atoms with Crippen LogP contribution >= 0.6 is 11.6 Å². The van der Waals surface area contributed by atoms with Gasteiger partial charge in [0, 0.05) is 12.5 Å². The second-order valence-corrected chi connectivity index (χ2v) is 6.63. The van der Waals surface area contributed by atoms with Gasteiger partial charge in [-0.05, 0) is 51.9 Å². The van der Waals surface area contributed by atoms with Crippen molar-refractivity contribution in [1.82, 2.24) is 10.2 Å². The second kappa shape index (κ2) is 6.32.